The van der Waals surface area contributed by atoms with Crippen LogP contribution in [0, 0.1) is 11.3 Å². The summed E-state index contributed by atoms with van der Waals surface area (Å²) in [6.45, 7) is 5.84. The first-order valence-corrected chi connectivity index (χ1v) is 8.97. The molecule has 0 radical (unpaired) electrons. The molecule has 6 heteroatoms. The highest BCUT2D eigenvalue weighted by Gasteiger charge is 2.09. The van der Waals surface area contributed by atoms with Crippen molar-refractivity contribution < 1.29 is 9.47 Å². The number of nitrogens with one attached hydrogen (secondary N) is 2. The van der Waals surface area contributed by atoms with E-state index < -0.39 is 0 Å². The summed E-state index contributed by atoms with van der Waals surface area (Å²) in [7, 11) is 1.63. The number of para-hydroxylation sites is 2. The molecule has 0 spiro atoms. The van der Waals surface area contributed by atoms with Crippen molar-refractivity contribution in [3.8, 4) is 17.6 Å². The van der Waals surface area contributed by atoms with E-state index in [0.717, 1.165) is 12.1 Å². The number of hydrogen-bond donors (Lipinski definition) is 2. The molecule has 0 aromatic heterocycles. The lowest BCUT2D eigenvalue weighted by molar-refractivity contribution is 0.213. The predicted molar refractivity (Wildman–Crippen MR) is 107 cm³/mol. The van der Waals surface area contributed by atoms with Crippen molar-refractivity contribution in [2.75, 3.05) is 20.2 Å². The van der Waals surface area contributed by atoms with Crippen LogP contribution in [0.2, 0.25) is 0 Å². The van der Waals surface area contributed by atoms with Gasteiger partial charge < -0.3 is 20.1 Å². The van der Waals surface area contributed by atoms with E-state index in [4.69, 9.17) is 14.7 Å². The molecule has 0 saturated carbocycles. The maximum Gasteiger partial charge on any atom is 0.191 e. The molecule has 2 rings (SSSR count). The number of nitriles is 1. The van der Waals surface area contributed by atoms with E-state index in [1.54, 1.807) is 13.2 Å². The topological polar surface area (TPSA) is 78.7 Å². The fourth-order valence-corrected chi connectivity index (χ4v) is 2.47. The molecule has 1 atom stereocenters. The Morgan fingerprint density at radius 1 is 1.15 bits per heavy atom. The smallest absolute Gasteiger partial charge is 0.191 e. The van der Waals surface area contributed by atoms with E-state index in [1.807, 2.05) is 56.3 Å². The molecule has 2 N–H and O–H groups in total. The number of nitrogens with zero attached hydrogens (tertiary/aromatic N) is 2. The van der Waals surface area contributed by atoms with Gasteiger partial charge in [-0.15, -0.1) is 0 Å². The fourth-order valence-electron chi connectivity index (χ4n) is 2.47. The van der Waals surface area contributed by atoms with Crippen molar-refractivity contribution in [2.24, 2.45) is 4.99 Å². The van der Waals surface area contributed by atoms with Crippen molar-refractivity contribution in [1.29, 1.82) is 5.26 Å². The lowest BCUT2D eigenvalue weighted by atomic mass is 10.1. The van der Waals surface area contributed by atoms with Crippen LogP contribution < -0.4 is 20.1 Å². The normalized spacial score (nSPS) is 12.0. The second-order valence-electron chi connectivity index (χ2n) is 5.97. The van der Waals surface area contributed by atoms with E-state index in [-0.39, 0.29) is 6.10 Å². The van der Waals surface area contributed by atoms with Crippen LogP contribution >= 0.6 is 0 Å². The zero-order valence-corrected chi connectivity index (χ0v) is 16.0. The van der Waals surface area contributed by atoms with Gasteiger partial charge >= 0.3 is 0 Å². The number of ether oxygens (including phenoxy) is 2. The number of guanidine groups is 1. The summed E-state index contributed by atoms with van der Waals surface area (Å²) in [5, 5.41) is 15.5. The standard InChI is InChI=1S/C21H26N4O2/c1-4-23-21(25-15-18-9-7-8-17(12-18)13-22)24-14-16(2)27-20-11-6-5-10-19(20)26-3/h5-12,16H,4,14-15H2,1-3H3,(H2,23,24,25). The quantitative estimate of drug-likeness (QED) is 0.554. The summed E-state index contributed by atoms with van der Waals surface area (Å²) in [5.41, 5.74) is 1.63. The summed E-state index contributed by atoms with van der Waals surface area (Å²) in [4.78, 5) is 4.58. The Hall–Kier alpha value is -3.20. The molecule has 0 saturated heterocycles. The fraction of sp³-hybridized carbons (Fsp3) is 0.333. The molecule has 2 aromatic carbocycles. The van der Waals surface area contributed by atoms with Gasteiger partial charge in [0.05, 0.1) is 31.8 Å². The first-order valence-electron chi connectivity index (χ1n) is 8.97. The van der Waals surface area contributed by atoms with Crippen molar-refractivity contribution in [1.82, 2.24) is 10.6 Å². The van der Waals surface area contributed by atoms with Gasteiger partial charge in [-0.3, -0.25) is 0 Å². The van der Waals surface area contributed by atoms with Gasteiger partial charge in [0.2, 0.25) is 0 Å². The number of rotatable bonds is 8. The van der Waals surface area contributed by atoms with Crippen molar-refractivity contribution in [2.45, 2.75) is 26.5 Å². The third-order valence-electron chi connectivity index (χ3n) is 3.77. The third kappa shape index (κ3) is 6.55. The minimum Gasteiger partial charge on any atom is -0.493 e. The van der Waals surface area contributed by atoms with Crippen LogP contribution in [-0.2, 0) is 6.54 Å². The summed E-state index contributed by atoms with van der Waals surface area (Å²) in [6, 6.07) is 17.2. The van der Waals surface area contributed by atoms with E-state index >= 15 is 0 Å². The minimum absolute atomic E-state index is 0.0768. The Labute approximate surface area is 160 Å². The second-order valence-corrected chi connectivity index (χ2v) is 5.97. The van der Waals surface area contributed by atoms with Gasteiger partial charge in [-0.2, -0.15) is 5.26 Å². The molecule has 142 valence electrons. The molecular weight excluding hydrogens is 340 g/mol. The van der Waals surface area contributed by atoms with Crippen LogP contribution in [0.3, 0.4) is 0 Å². The molecule has 0 amide bonds. The van der Waals surface area contributed by atoms with E-state index in [9.17, 15) is 0 Å². The molecule has 6 nitrogen and oxygen atoms in total. The summed E-state index contributed by atoms with van der Waals surface area (Å²) < 4.78 is 11.3. The second kappa shape index (κ2) is 10.7. The van der Waals surface area contributed by atoms with Crippen LogP contribution in [0.4, 0.5) is 0 Å². The molecule has 2 aromatic rings. The molecule has 0 aliphatic heterocycles. The number of aliphatic imine (C=N–C) groups is 1. The van der Waals surface area contributed by atoms with Gasteiger partial charge in [0.25, 0.3) is 0 Å². The minimum atomic E-state index is -0.0768. The molecule has 27 heavy (non-hydrogen) atoms. The first kappa shape index (κ1) is 20.1. The Morgan fingerprint density at radius 2 is 1.93 bits per heavy atom. The van der Waals surface area contributed by atoms with Crippen LogP contribution in [-0.4, -0.2) is 32.3 Å². The van der Waals surface area contributed by atoms with Crippen molar-refractivity contribution >= 4 is 5.96 Å². The average molecular weight is 366 g/mol. The zero-order valence-electron chi connectivity index (χ0n) is 16.0. The monoisotopic (exact) mass is 366 g/mol. The zero-order chi connectivity index (χ0) is 19.5. The molecule has 0 aliphatic rings. The SMILES string of the molecule is CCNC(=NCc1cccc(C#N)c1)NCC(C)Oc1ccccc1OC. The van der Waals surface area contributed by atoms with Gasteiger partial charge in [0.15, 0.2) is 17.5 Å². The summed E-state index contributed by atoms with van der Waals surface area (Å²) >= 11 is 0. The number of methoxy groups -OCH3 is 1. The van der Waals surface area contributed by atoms with Crippen LogP contribution in [0.5, 0.6) is 11.5 Å². The van der Waals surface area contributed by atoms with Gasteiger partial charge in [-0.25, -0.2) is 4.99 Å². The highest BCUT2D eigenvalue weighted by atomic mass is 16.5. The number of benzene rings is 2. The van der Waals surface area contributed by atoms with Crippen LogP contribution in [0.1, 0.15) is 25.0 Å². The maximum atomic E-state index is 8.99. The molecule has 0 fully saturated rings. The average Bonchev–Trinajstić information content (AvgIpc) is 2.70. The lowest BCUT2D eigenvalue weighted by Crippen LogP contribution is -2.41. The summed E-state index contributed by atoms with van der Waals surface area (Å²) in [6.07, 6.45) is -0.0768. The summed E-state index contributed by atoms with van der Waals surface area (Å²) in [5.74, 6) is 2.13. The Kier molecular flexibility index (Phi) is 7.98. The Bertz CT molecular complexity index is 799. The highest BCUT2D eigenvalue weighted by Crippen LogP contribution is 2.26. The molecular formula is C21H26N4O2. The maximum absolute atomic E-state index is 8.99. The Morgan fingerprint density at radius 3 is 2.63 bits per heavy atom. The van der Waals surface area contributed by atoms with Crippen molar-refractivity contribution in [3.63, 3.8) is 0 Å². The third-order valence-corrected chi connectivity index (χ3v) is 3.77. The molecule has 1 unspecified atom stereocenters. The first-order chi connectivity index (χ1) is 13.2. The number of hydrogen-bond acceptors (Lipinski definition) is 4. The lowest BCUT2D eigenvalue weighted by Gasteiger charge is -2.19. The Balaban J connectivity index is 1.93. The largest absolute Gasteiger partial charge is 0.493 e. The van der Waals surface area contributed by atoms with Gasteiger partial charge in [-0.05, 0) is 43.7 Å². The van der Waals surface area contributed by atoms with E-state index in [0.29, 0.717) is 36.1 Å². The highest BCUT2D eigenvalue weighted by molar-refractivity contribution is 5.79. The predicted octanol–water partition coefficient (Wildman–Crippen LogP) is 3.09. The van der Waals surface area contributed by atoms with Crippen LogP contribution in [0.25, 0.3) is 0 Å². The van der Waals surface area contributed by atoms with E-state index in [2.05, 4.69) is 21.7 Å². The van der Waals surface area contributed by atoms with Crippen LogP contribution in [0.15, 0.2) is 53.5 Å². The van der Waals surface area contributed by atoms with Crippen molar-refractivity contribution in [3.05, 3.63) is 59.7 Å². The molecule has 0 aliphatic carbocycles. The molecule has 0 bridgehead atoms. The molecule has 0 heterocycles. The van der Waals surface area contributed by atoms with Gasteiger partial charge in [-0.1, -0.05) is 24.3 Å². The van der Waals surface area contributed by atoms with Gasteiger partial charge in [0, 0.05) is 6.54 Å². The van der Waals surface area contributed by atoms with Gasteiger partial charge in [0.1, 0.15) is 6.10 Å². The van der Waals surface area contributed by atoms with E-state index in [1.165, 1.54) is 0 Å².